The summed E-state index contributed by atoms with van der Waals surface area (Å²) in [7, 11) is -2.86. The Labute approximate surface area is 122 Å². The number of non-ortho nitro benzene ring substituents is 1. The van der Waals surface area contributed by atoms with Crippen LogP contribution >= 0.6 is 0 Å². The van der Waals surface area contributed by atoms with Crippen molar-refractivity contribution in [3.8, 4) is 0 Å². The van der Waals surface area contributed by atoms with Gasteiger partial charge in [0.25, 0.3) is 5.69 Å². The third-order valence-electron chi connectivity index (χ3n) is 2.69. The lowest BCUT2D eigenvalue weighted by Gasteiger charge is -2.10. The van der Waals surface area contributed by atoms with E-state index in [1.165, 1.54) is 0 Å². The summed E-state index contributed by atoms with van der Waals surface area (Å²) in [6.45, 7) is 2.12. The molecule has 0 saturated heterocycles. The third-order valence-corrected chi connectivity index (χ3v) is 4.21. The zero-order valence-corrected chi connectivity index (χ0v) is 12.5. The van der Waals surface area contributed by atoms with Gasteiger partial charge in [-0.3, -0.25) is 10.1 Å². The molecule has 116 valence electrons. The summed E-state index contributed by atoms with van der Waals surface area (Å²) in [4.78, 5) is 21.3. The number of nitrogens with one attached hydrogen (secondary N) is 1. The van der Waals surface area contributed by atoms with Gasteiger partial charge in [-0.2, -0.15) is 0 Å². The van der Waals surface area contributed by atoms with Crippen molar-refractivity contribution in [2.75, 3.05) is 13.7 Å². The minimum Gasteiger partial charge on any atom is -0.465 e. The van der Waals surface area contributed by atoms with Crippen LogP contribution in [0.25, 0.3) is 0 Å². The van der Waals surface area contributed by atoms with Crippen LogP contribution in [0.2, 0.25) is 0 Å². The molecule has 0 bridgehead atoms. The number of esters is 1. The van der Waals surface area contributed by atoms with Crippen molar-refractivity contribution in [2.45, 2.75) is 24.7 Å². The molecule has 0 aliphatic carbocycles. The van der Waals surface area contributed by atoms with Crippen LogP contribution in [-0.2, 0) is 14.8 Å². The minimum atomic E-state index is -3.93. The van der Waals surface area contributed by atoms with Gasteiger partial charge >= 0.3 is 5.97 Å². The normalized spacial score (nSPS) is 11.1. The fourth-order valence-corrected chi connectivity index (χ4v) is 2.84. The van der Waals surface area contributed by atoms with Crippen LogP contribution in [0.4, 0.5) is 5.69 Å². The van der Waals surface area contributed by atoms with Crippen LogP contribution in [-0.4, -0.2) is 33.0 Å². The first-order valence-electron chi connectivity index (χ1n) is 6.20. The van der Waals surface area contributed by atoms with Crippen LogP contribution in [0.3, 0.4) is 0 Å². The first kappa shape index (κ1) is 17.1. The molecule has 1 rings (SSSR count). The summed E-state index contributed by atoms with van der Waals surface area (Å²) in [5, 5.41) is 10.7. The Bertz CT molecular complexity index is 641. The highest BCUT2D eigenvalue weighted by Crippen LogP contribution is 2.22. The lowest BCUT2D eigenvalue weighted by Crippen LogP contribution is -2.26. The van der Waals surface area contributed by atoms with Crippen molar-refractivity contribution < 1.29 is 22.9 Å². The number of rotatable bonds is 7. The van der Waals surface area contributed by atoms with Crippen molar-refractivity contribution in [3.05, 3.63) is 33.9 Å². The molecular weight excluding hydrogens is 300 g/mol. The Balaban J connectivity index is 3.28. The predicted octanol–water partition coefficient (Wildman–Crippen LogP) is 1.46. The van der Waals surface area contributed by atoms with Crippen molar-refractivity contribution in [2.24, 2.45) is 0 Å². The molecule has 1 N–H and O–H groups in total. The first-order chi connectivity index (χ1) is 9.83. The van der Waals surface area contributed by atoms with E-state index in [0.717, 1.165) is 31.7 Å². The Morgan fingerprint density at radius 1 is 1.43 bits per heavy atom. The van der Waals surface area contributed by atoms with Gasteiger partial charge in [-0.15, -0.1) is 0 Å². The number of nitrogens with zero attached hydrogens (tertiary/aromatic N) is 1. The highest BCUT2D eigenvalue weighted by Gasteiger charge is 2.25. The van der Waals surface area contributed by atoms with Crippen LogP contribution < -0.4 is 4.72 Å². The highest BCUT2D eigenvalue weighted by molar-refractivity contribution is 7.89. The lowest BCUT2D eigenvalue weighted by molar-refractivity contribution is -0.384. The molecule has 0 saturated carbocycles. The number of benzene rings is 1. The van der Waals surface area contributed by atoms with E-state index in [1.807, 2.05) is 6.92 Å². The molecule has 0 amide bonds. The molecular formula is C12H16N2O6S. The molecule has 0 fully saturated rings. The van der Waals surface area contributed by atoms with Gasteiger partial charge in [0.1, 0.15) is 0 Å². The standard InChI is InChI=1S/C12H16N2O6S/c1-3-4-7-13-21(18,19)11-6-5-9(14(16)17)8-10(11)12(15)20-2/h5-6,8,13H,3-4,7H2,1-2H3. The minimum absolute atomic E-state index is 0.219. The van der Waals surface area contributed by atoms with Gasteiger partial charge in [0.05, 0.1) is 22.5 Å². The summed E-state index contributed by atoms with van der Waals surface area (Å²) in [6.07, 6.45) is 1.44. The number of nitro benzene ring substituents is 1. The molecule has 1 aromatic rings. The van der Waals surface area contributed by atoms with E-state index >= 15 is 0 Å². The molecule has 0 aliphatic rings. The molecule has 0 atom stereocenters. The number of methoxy groups -OCH3 is 1. The number of hydrogen-bond acceptors (Lipinski definition) is 6. The zero-order valence-electron chi connectivity index (χ0n) is 11.7. The molecule has 0 spiro atoms. The fourth-order valence-electron chi connectivity index (χ4n) is 1.60. The molecule has 0 heterocycles. The van der Waals surface area contributed by atoms with Gasteiger partial charge in [0, 0.05) is 18.7 Å². The van der Waals surface area contributed by atoms with Gasteiger partial charge in [0.15, 0.2) is 0 Å². The maximum atomic E-state index is 12.1. The van der Waals surface area contributed by atoms with E-state index in [2.05, 4.69) is 9.46 Å². The van der Waals surface area contributed by atoms with Gasteiger partial charge in [-0.05, 0) is 12.5 Å². The van der Waals surface area contributed by atoms with Gasteiger partial charge in [0.2, 0.25) is 10.0 Å². The fraction of sp³-hybridized carbons (Fsp3) is 0.417. The number of unbranched alkanes of at least 4 members (excludes halogenated alkanes) is 1. The lowest BCUT2D eigenvalue weighted by atomic mass is 10.2. The maximum Gasteiger partial charge on any atom is 0.339 e. The van der Waals surface area contributed by atoms with E-state index in [4.69, 9.17) is 0 Å². The molecule has 0 aromatic heterocycles. The smallest absolute Gasteiger partial charge is 0.339 e. The molecule has 1 aromatic carbocycles. The molecule has 9 heteroatoms. The van der Waals surface area contributed by atoms with Gasteiger partial charge in [-0.25, -0.2) is 17.9 Å². The van der Waals surface area contributed by atoms with Crippen LogP contribution in [0.5, 0.6) is 0 Å². The van der Waals surface area contributed by atoms with Gasteiger partial charge in [-0.1, -0.05) is 13.3 Å². The van der Waals surface area contributed by atoms with Crippen molar-refractivity contribution in [1.29, 1.82) is 0 Å². The van der Waals surface area contributed by atoms with E-state index in [9.17, 15) is 23.3 Å². The second-order valence-electron chi connectivity index (χ2n) is 4.18. The van der Waals surface area contributed by atoms with Crippen LogP contribution in [0.1, 0.15) is 30.1 Å². The summed E-state index contributed by atoms with van der Waals surface area (Å²) in [5.41, 5.74) is -0.751. The van der Waals surface area contributed by atoms with Crippen LogP contribution in [0.15, 0.2) is 23.1 Å². The highest BCUT2D eigenvalue weighted by atomic mass is 32.2. The Morgan fingerprint density at radius 2 is 2.10 bits per heavy atom. The van der Waals surface area contributed by atoms with Crippen molar-refractivity contribution >= 4 is 21.7 Å². The Hall–Kier alpha value is -2.00. The zero-order chi connectivity index (χ0) is 16.0. The Morgan fingerprint density at radius 3 is 2.62 bits per heavy atom. The second kappa shape index (κ2) is 7.14. The molecule has 8 nitrogen and oxygen atoms in total. The van der Waals surface area contributed by atoms with E-state index in [0.29, 0.717) is 6.42 Å². The monoisotopic (exact) mass is 316 g/mol. The number of hydrogen-bond donors (Lipinski definition) is 1. The average molecular weight is 316 g/mol. The first-order valence-corrected chi connectivity index (χ1v) is 7.68. The number of carbonyl (C=O) groups excluding carboxylic acids is 1. The van der Waals surface area contributed by atoms with Crippen molar-refractivity contribution in [1.82, 2.24) is 4.72 Å². The van der Waals surface area contributed by atoms with E-state index < -0.39 is 20.9 Å². The summed E-state index contributed by atoms with van der Waals surface area (Å²) in [6, 6.07) is 2.94. The largest absolute Gasteiger partial charge is 0.465 e. The quantitative estimate of drug-likeness (QED) is 0.352. The molecule has 0 radical (unpaired) electrons. The summed E-state index contributed by atoms with van der Waals surface area (Å²) >= 11 is 0. The van der Waals surface area contributed by atoms with E-state index in [1.54, 1.807) is 0 Å². The van der Waals surface area contributed by atoms with Gasteiger partial charge < -0.3 is 4.74 Å². The summed E-state index contributed by atoms with van der Waals surface area (Å²) in [5.74, 6) is -0.949. The number of nitro groups is 1. The molecule has 0 aliphatic heterocycles. The number of ether oxygens (including phenoxy) is 1. The molecule has 0 unspecified atom stereocenters. The second-order valence-corrected chi connectivity index (χ2v) is 5.92. The molecule has 21 heavy (non-hydrogen) atoms. The average Bonchev–Trinajstić information content (AvgIpc) is 2.45. The Kier molecular flexibility index (Phi) is 5.79. The van der Waals surface area contributed by atoms with Crippen molar-refractivity contribution in [3.63, 3.8) is 0 Å². The topological polar surface area (TPSA) is 116 Å². The maximum absolute atomic E-state index is 12.1. The number of carbonyl (C=O) groups is 1. The van der Waals surface area contributed by atoms with Crippen LogP contribution in [0, 0.1) is 10.1 Å². The van der Waals surface area contributed by atoms with E-state index in [-0.39, 0.29) is 22.7 Å². The number of sulfonamides is 1. The SMILES string of the molecule is CCCCNS(=O)(=O)c1ccc([N+](=O)[O-])cc1C(=O)OC. The predicted molar refractivity (Wildman–Crippen MR) is 74.5 cm³/mol. The summed E-state index contributed by atoms with van der Waals surface area (Å²) < 4.78 is 31.1. The third kappa shape index (κ3) is 4.23.